The number of carbonyl (C=O) groups is 1. The number of rotatable bonds is 1. The van der Waals surface area contributed by atoms with Crippen LogP contribution in [0.4, 0.5) is 4.79 Å². The van der Waals surface area contributed by atoms with Crippen LogP contribution in [0.3, 0.4) is 0 Å². The molecule has 0 spiro atoms. The number of hydrogen-bond acceptors (Lipinski definition) is 3. The van der Waals surface area contributed by atoms with Gasteiger partial charge in [-0.05, 0) is 50.8 Å². The van der Waals surface area contributed by atoms with Gasteiger partial charge >= 0.3 is 6.09 Å². The Bertz CT molecular complexity index is 515. The van der Waals surface area contributed by atoms with Crippen LogP contribution in [0, 0.1) is 0 Å². The zero-order chi connectivity index (χ0) is 13.6. The van der Waals surface area contributed by atoms with E-state index in [1.54, 1.807) is 4.90 Å². The van der Waals surface area contributed by atoms with Gasteiger partial charge in [-0.25, -0.2) is 4.79 Å². The van der Waals surface area contributed by atoms with Crippen LogP contribution in [-0.4, -0.2) is 21.6 Å². The summed E-state index contributed by atoms with van der Waals surface area (Å²) in [7, 11) is 0. The quantitative estimate of drug-likeness (QED) is 0.778. The molecule has 1 amide bonds. The maximum Gasteiger partial charge on any atom is 0.410 e. The van der Waals surface area contributed by atoms with Gasteiger partial charge in [-0.2, -0.15) is 0 Å². The van der Waals surface area contributed by atoms with E-state index in [4.69, 9.17) is 4.74 Å². The van der Waals surface area contributed by atoms with Crippen molar-refractivity contribution < 1.29 is 9.53 Å². The molecule has 0 saturated heterocycles. The predicted octanol–water partition coefficient (Wildman–Crippen LogP) is 3.21. The Morgan fingerprint density at radius 1 is 1.32 bits per heavy atom. The van der Waals surface area contributed by atoms with Gasteiger partial charge in [-0.3, -0.25) is 9.88 Å². The summed E-state index contributed by atoms with van der Waals surface area (Å²) in [4.78, 5) is 18.3. The van der Waals surface area contributed by atoms with E-state index >= 15 is 0 Å². The van der Waals surface area contributed by atoms with Gasteiger partial charge in [0.1, 0.15) is 5.60 Å². The lowest BCUT2D eigenvalue weighted by Crippen LogP contribution is -2.33. The number of carbonyl (C=O) groups excluding carboxylic acids is 1. The summed E-state index contributed by atoms with van der Waals surface area (Å²) in [6.07, 6.45) is 4.19. The highest BCUT2D eigenvalue weighted by Gasteiger charge is 2.30. The first-order valence-corrected chi connectivity index (χ1v) is 6.88. The van der Waals surface area contributed by atoms with Gasteiger partial charge in [0, 0.05) is 24.4 Å². The van der Waals surface area contributed by atoms with Crippen LogP contribution in [0.5, 0.6) is 0 Å². The molecule has 102 valence electrons. The van der Waals surface area contributed by atoms with E-state index in [9.17, 15) is 4.79 Å². The SMILES string of the molecule is CC(C)(C)OC(=O)N1Cc2cnc(C3CC3)cc2C1. The molecule has 0 N–H and O–H groups in total. The average molecular weight is 260 g/mol. The molecule has 1 aliphatic carbocycles. The topological polar surface area (TPSA) is 42.4 Å². The van der Waals surface area contributed by atoms with Crippen molar-refractivity contribution >= 4 is 6.09 Å². The van der Waals surface area contributed by atoms with E-state index in [2.05, 4.69) is 11.1 Å². The summed E-state index contributed by atoms with van der Waals surface area (Å²) in [5.74, 6) is 0.654. The predicted molar refractivity (Wildman–Crippen MR) is 71.7 cm³/mol. The molecule has 0 radical (unpaired) electrons. The minimum absolute atomic E-state index is 0.239. The fourth-order valence-electron chi connectivity index (χ4n) is 2.36. The average Bonchev–Trinajstić information content (AvgIpc) is 3.05. The molecule has 19 heavy (non-hydrogen) atoms. The lowest BCUT2D eigenvalue weighted by molar-refractivity contribution is 0.0242. The molecule has 0 atom stereocenters. The highest BCUT2D eigenvalue weighted by Crippen LogP contribution is 2.40. The fourth-order valence-corrected chi connectivity index (χ4v) is 2.36. The molecule has 3 rings (SSSR count). The fraction of sp³-hybridized carbons (Fsp3) is 0.600. The van der Waals surface area contributed by atoms with Crippen LogP contribution in [-0.2, 0) is 17.8 Å². The zero-order valence-electron chi connectivity index (χ0n) is 11.8. The molecule has 0 unspecified atom stereocenters. The Kier molecular flexibility index (Phi) is 2.77. The molecule has 2 aliphatic rings. The molecule has 0 bridgehead atoms. The second kappa shape index (κ2) is 4.22. The van der Waals surface area contributed by atoms with Gasteiger partial charge in [-0.15, -0.1) is 0 Å². The summed E-state index contributed by atoms with van der Waals surface area (Å²) < 4.78 is 5.41. The van der Waals surface area contributed by atoms with E-state index < -0.39 is 5.60 Å². The van der Waals surface area contributed by atoms with Crippen molar-refractivity contribution in [1.82, 2.24) is 9.88 Å². The summed E-state index contributed by atoms with van der Waals surface area (Å²) in [6, 6.07) is 2.16. The number of amides is 1. The Morgan fingerprint density at radius 3 is 2.63 bits per heavy atom. The summed E-state index contributed by atoms with van der Waals surface area (Å²) in [6.45, 7) is 6.93. The molecule has 1 saturated carbocycles. The normalized spacial score (nSPS) is 18.4. The maximum atomic E-state index is 12.0. The molecule has 1 aromatic rings. The first-order chi connectivity index (χ1) is 8.92. The number of hydrogen-bond donors (Lipinski definition) is 0. The summed E-state index contributed by atoms with van der Waals surface area (Å²) in [5, 5.41) is 0. The lowest BCUT2D eigenvalue weighted by Gasteiger charge is -2.24. The minimum Gasteiger partial charge on any atom is -0.444 e. The van der Waals surface area contributed by atoms with Crippen molar-refractivity contribution in [1.29, 1.82) is 0 Å². The van der Waals surface area contributed by atoms with E-state index in [0.29, 0.717) is 19.0 Å². The number of fused-ring (bicyclic) bond motifs is 1. The molecule has 1 fully saturated rings. The summed E-state index contributed by atoms with van der Waals surface area (Å²) >= 11 is 0. The number of nitrogens with zero attached hydrogens (tertiary/aromatic N) is 2. The Labute approximate surface area is 113 Å². The Balaban J connectivity index is 1.71. The van der Waals surface area contributed by atoms with Crippen LogP contribution < -0.4 is 0 Å². The molecule has 1 aliphatic heterocycles. The molecule has 4 nitrogen and oxygen atoms in total. The lowest BCUT2D eigenvalue weighted by atomic mass is 10.1. The van der Waals surface area contributed by atoms with Crippen molar-refractivity contribution in [2.45, 2.75) is 58.2 Å². The second-order valence-corrected chi connectivity index (χ2v) is 6.49. The van der Waals surface area contributed by atoms with Crippen LogP contribution in [0.1, 0.15) is 56.4 Å². The highest BCUT2D eigenvalue weighted by atomic mass is 16.6. The van der Waals surface area contributed by atoms with Crippen LogP contribution in [0.15, 0.2) is 12.3 Å². The summed E-state index contributed by atoms with van der Waals surface area (Å²) in [5.41, 5.74) is 3.12. The standard InChI is InChI=1S/C15H20N2O2/c1-15(2,3)19-14(18)17-8-11-6-13(10-4-5-10)16-7-12(11)9-17/h6-7,10H,4-5,8-9H2,1-3H3. The molecular formula is C15H20N2O2. The third-order valence-electron chi connectivity index (χ3n) is 3.47. The van der Waals surface area contributed by atoms with Crippen molar-refractivity contribution in [3.63, 3.8) is 0 Å². The number of pyridine rings is 1. The van der Waals surface area contributed by atoms with E-state index in [1.807, 2.05) is 27.0 Å². The van der Waals surface area contributed by atoms with Crippen molar-refractivity contribution in [3.8, 4) is 0 Å². The first-order valence-electron chi connectivity index (χ1n) is 6.88. The third-order valence-corrected chi connectivity index (χ3v) is 3.47. The first kappa shape index (κ1) is 12.5. The van der Waals surface area contributed by atoms with E-state index in [1.165, 1.54) is 24.1 Å². The smallest absolute Gasteiger partial charge is 0.410 e. The molecule has 1 aromatic heterocycles. The monoisotopic (exact) mass is 260 g/mol. The molecule has 4 heteroatoms. The number of ether oxygens (including phenoxy) is 1. The Hall–Kier alpha value is -1.58. The largest absolute Gasteiger partial charge is 0.444 e. The van der Waals surface area contributed by atoms with Crippen LogP contribution in [0.25, 0.3) is 0 Å². The van der Waals surface area contributed by atoms with Crippen molar-refractivity contribution in [2.24, 2.45) is 0 Å². The van der Waals surface area contributed by atoms with E-state index in [-0.39, 0.29) is 6.09 Å². The van der Waals surface area contributed by atoms with E-state index in [0.717, 1.165) is 5.56 Å². The molecular weight excluding hydrogens is 240 g/mol. The van der Waals surface area contributed by atoms with Gasteiger partial charge in [0.25, 0.3) is 0 Å². The number of aromatic nitrogens is 1. The zero-order valence-corrected chi connectivity index (χ0v) is 11.8. The van der Waals surface area contributed by atoms with Crippen molar-refractivity contribution in [3.05, 3.63) is 29.1 Å². The van der Waals surface area contributed by atoms with Gasteiger partial charge in [0.15, 0.2) is 0 Å². The van der Waals surface area contributed by atoms with Gasteiger partial charge in [0.2, 0.25) is 0 Å². The van der Waals surface area contributed by atoms with Crippen molar-refractivity contribution in [2.75, 3.05) is 0 Å². The molecule has 0 aromatic carbocycles. The third kappa shape index (κ3) is 2.72. The molecule has 2 heterocycles. The minimum atomic E-state index is -0.441. The highest BCUT2D eigenvalue weighted by molar-refractivity contribution is 5.69. The van der Waals surface area contributed by atoms with Gasteiger partial charge in [-0.1, -0.05) is 0 Å². The van der Waals surface area contributed by atoms with Gasteiger partial charge < -0.3 is 4.74 Å². The Morgan fingerprint density at radius 2 is 2.00 bits per heavy atom. The van der Waals surface area contributed by atoms with Gasteiger partial charge in [0.05, 0.1) is 6.54 Å². The van der Waals surface area contributed by atoms with Crippen LogP contribution in [0.2, 0.25) is 0 Å². The van der Waals surface area contributed by atoms with Crippen LogP contribution >= 0.6 is 0 Å². The second-order valence-electron chi connectivity index (χ2n) is 6.49. The maximum absolute atomic E-state index is 12.0.